The molecule has 0 N–H and O–H groups in total. The number of nitrogens with zero attached hydrogens (tertiary/aromatic N) is 3. The summed E-state index contributed by atoms with van der Waals surface area (Å²) in [4.78, 5) is 17.5. The monoisotopic (exact) mass is 261 g/mol. The molecule has 0 unspecified atom stereocenters. The Morgan fingerprint density at radius 3 is 3.11 bits per heavy atom. The third-order valence-corrected chi connectivity index (χ3v) is 4.28. The van der Waals surface area contributed by atoms with Gasteiger partial charge in [-0.1, -0.05) is 6.92 Å². The molecule has 3 rings (SSSR count). The fourth-order valence-corrected chi connectivity index (χ4v) is 3.43. The molecule has 0 fully saturated rings. The first-order valence-corrected chi connectivity index (χ1v) is 7.16. The zero-order valence-electron chi connectivity index (χ0n) is 10.3. The minimum absolute atomic E-state index is 0.195. The number of Topliss-reactive ketones (excluding diaryl/α,β-unsaturated/α-hetero) is 1. The van der Waals surface area contributed by atoms with Crippen molar-refractivity contribution in [3.05, 3.63) is 22.8 Å². The largest absolute Gasteiger partial charge is 0.292 e. The zero-order valence-corrected chi connectivity index (χ0v) is 11.2. The van der Waals surface area contributed by atoms with Crippen molar-refractivity contribution >= 4 is 17.1 Å². The zero-order chi connectivity index (χ0) is 12.5. The molecule has 0 radical (unpaired) electrons. The molecule has 0 bridgehead atoms. The van der Waals surface area contributed by atoms with Crippen molar-refractivity contribution in [2.24, 2.45) is 0 Å². The van der Waals surface area contributed by atoms with Crippen LogP contribution in [0.5, 0.6) is 0 Å². The van der Waals surface area contributed by atoms with Gasteiger partial charge in [-0.15, -0.1) is 11.3 Å². The lowest BCUT2D eigenvalue weighted by Crippen LogP contribution is -2.08. The Kier molecular flexibility index (Phi) is 2.99. The molecule has 0 aliphatic heterocycles. The smallest absolute Gasteiger partial charge is 0.182 e. The molecule has 0 spiro atoms. The maximum Gasteiger partial charge on any atom is 0.182 e. The standard InChI is InChI=1S/C13H15N3OS/c1-2-8-16-9(6-7-14-16)13-15-12-10(17)4-3-5-11(12)18-13/h6-7H,2-5,8H2,1H3. The number of hydrogen-bond acceptors (Lipinski definition) is 4. The summed E-state index contributed by atoms with van der Waals surface area (Å²) >= 11 is 1.64. The summed E-state index contributed by atoms with van der Waals surface area (Å²) in [6, 6.07) is 1.98. The molecule has 2 aromatic rings. The molecule has 1 aliphatic carbocycles. The van der Waals surface area contributed by atoms with Crippen LogP contribution in [0.4, 0.5) is 0 Å². The molecule has 94 valence electrons. The Bertz CT molecular complexity index is 585. The second-order valence-electron chi connectivity index (χ2n) is 4.51. The Morgan fingerprint density at radius 2 is 2.33 bits per heavy atom. The fraction of sp³-hybridized carbons (Fsp3) is 0.462. The summed E-state index contributed by atoms with van der Waals surface area (Å²) in [6.07, 6.45) is 5.43. The summed E-state index contributed by atoms with van der Waals surface area (Å²) < 4.78 is 1.97. The van der Waals surface area contributed by atoms with E-state index in [1.807, 2.05) is 10.7 Å². The van der Waals surface area contributed by atoms with E-state index in [1.54, 1.807) is 17.5 Å². The number of carbonyl (C=O) groups is 1. The predicted octanol–water partition coefficient (Wildman–Crippen LogP) is 2.94. The van der Waals surface area contributed by atoms with Crippen molar-refractivity contribution in [2.45, 2.75) is 39.2 Å². The van der Waals surface area contributed by atoms with Gasteiger partial charge in [0.15, 0.2) is 5.78 Å². The first-order chi connectivity index (χ1) is 8.79. The van der Waals surface area contributed by atoms with Crippen molar-refractivity contribution in [2.75, 3.05) is 0 Å². The fourth-order valence-electron chi connectivity index (χ4n) is 2.28. The summed E-state index contributed by atoms with van der Waals surface area (Å²) in [5.41, 5.74) is 1.73. The topological polar surface area (TPSA) is 47.8 Å². The molecule has 1 aliphatic rings. The van der Waals surface area contributed by atoms with Crippen LogP contribution in [-0.4, -0.2) is 20.5 Å². The quantitative estimate of drug-likeness (QED) is 0.853. The van der Waals surface area contributed by atoms with Gasteiger partial charge >= 0.3 is 0 Å². The molecular formula is C13H15N3OS. The highest BCUT2D eigenvalue weighted by atomic mass is 32.1. The SMILES string of the molecule is CCCn1nccc1-c1nc2c(s1)CCCC2=O. The number of hydrogen-bond donors (Lipinski definition) is 0. The molecule has 2 aromatic heterocycles. The van der Waals surface area contributed by atoms with Gasteiger partial charge in [-0.2, -0.15) is 5.10 Å². The van der Waals surface area contributed by atoms with Gasteiger partial charge < -0.3 is 0 Å². The minimum Gasteiger partial charge on any atom is -0.292 e. The van der Waals surface area contributed by atoms with E-state index in [0.717, 1.165) is 41.4 Å². The van der Waals surface area contributed by atoms with Crippen molar-refractivity contribution < 1.29 is 4.79 Å². The molecule has 5 heteroatoms. The van der Waals surface area contributed by atoms with E-state index < -0.39 is 0 Å². The maximum absolute atomic E-state index is 11.8. The van der Waals surface area contributed by atoms with Gasteiger partial charge in [0, 0.05) is 24.0 Å². The second kappa shape index (κ2) is 4.65. The van der Waals surface area contributed by atoms with E-state index in [9.17, 15) is 4.79 Å². The van der Waals surface area contributed by atoms with Crippen LogP contribution >= 0.6 is 11.3 Å². The number of fused-ring (bicyclic) bond motifs is 1. The highest BCUT2D eigenvalue weighted by Crippen LogP contribution is 2.32. The summed E-state index contributed by atoms with van der Waals surface area (Å²) in [5.74, 6) is 0.195. The Labute approximate surface area is 110 Å². The molecule has 0 saturated carbocycles. The van der Waals surface area contributed by atoms with E-state index in [1.165, 1.54) is 0 Å². The first kappa shape index (κ1) is 11.6. The lowest BCUT2D eigenvalue weighted by Gasteiger charge is -2.06. The van der Waals surface area contributed by atoms with Gasteiger partial charge in [0.05, 0.1) is 5.69 Å². The molecule has 0 saturated heterocycles. The number of ketones is 1. The highest BCUT2D eigenvalue weighted by Gasteiger charge is 2.23. The molecular weight excluding hydrogens is 246 g/mol. The van der Waals surface area contributed by atoms with Crippen LogP contribution in [0.2, 0.25) is 0 Å². The van der Waals surface area contributed by atoms with Crippen molar-refractivity contribution in [1.29, 1.82) is 0 Å². The average Bonchev–Trinajstić information content (AvgIpc) is 2.95. The molecule has 0 amide bonds. The molecule has 18 heavy (non-hydrogen) atoms. The van der Waals surface area contributed by atoms with Crippen LogP contribution < -0.4 is 0 Å². The van der Waals surface area contributed by atoms with Crippen LogP contribution in [0.1, 0.15) is 41.6 Å². The molecule has 0 aromatic carbocycles. The maximum atomic E-state index is 11.8. The Morgan fingerprint density at radius 1 is 1.44 bits per heavy atom. The number of aryl methyl sites for hydroxylation is 2. The van der Waals surface area contributed by atoms with Crippen molar-refractivity contribution in [3.63, 3.8) is 0 Å². The van der Waals surface area contributed by atoms with Gasteiger partial charge in [0.25, 0.3) is 0 Å². The van der Waals surface area contributed by atoms with Crippen LogP contribution in [0.15, 0.2) is 12.3 Å². The second-order valence-corrected chi connectivity index (χ2v) is 5.59. The van der Waals surface area contributed by atoms with Crippen LogP contribution in [0.3, 0.4) is 0 Å². The lowest BCUT2D eigenvalue weighted by molar-refractivity contribution is 0.0968. The normalized spacial score (nSPS) is 14.8. The van der Waals surface area contributed by atoms with E-state index >= 15 is 0 Å². The van der Waals surface area contributed by atoms with Crippen LogP contribution in [0, 0.1) is 0 Å². The third-order valence-electron chi connectivity index (χ3n) is 3.14. The summed E-state index contributed by atoms with van der Waals surface area (Å²) in [6.45, 7) is 3.02. The van der Waals surface area contributed by atoms with E-state index in [4.69, 9.17) is 0 Å². The van der Waals surface area contributed by atoms with Gasteiger partial charge in [0.2, 0.25) is 0 Å². The van der Waals surface area contributed by atoms with E-state index in [2.05, 4.69) is 17.0 Å². The predicted molar refractivity (Wildman–Crippen MR) is 70.9 cm³/mol. The molecule has 2 heterocycles. The molecule has 0 atom stereocenters. The Hall–Kier alpha value is -1.49. The first-order valence-electron chi connectivity index (χ1n) is 6.34. The van der Waals surface area contributed by atoms with Crippen LogP contribution in [-0.2, 0) is 13.0 Å². The number of rotatable bonds is 3. The van der Waals surface area contributed by atoms with E-state index in [0.29, 0.717) is 12.1 Å². The van der Waals surface area contributed by atoms with Crippen molar-refractivity contribution in [1.82, 2.24) is 14.8 Å². The van der Waals surface area contributed by atoms with Gasteiger partial charge in [-0.3, -0.25) is 9.48 Å². The lowest BCUT2D eigenvalue weighted by atomic mass is 10.0. The van der Waals surface area contributed by atoms with Crippen molar-refractivity contribution in [3.8, 4) is 10.7 Å². The number of carbonyl (C=O) groups excluding carboxylic acids is 1. The minimum atomic E-state index is 0.195. The van der Waals surface area contributed by atoms with Crippen LogP contribution in [0.25, 0.3) is 10.7 Å². The van der Waals surface area contributed by atoms with Gasteiger partial charge in [-0.25, -0.2) is 4.98 Å². The number of thiazole rings is 1. The highest BCUT2D eigenvalue weighted by molar-refractivity contribution is 7.15. The average molecular weight is 261 g/mol. The van der Waals surface area contributed by atoms with Gasteiger partial charge in [-0.05, 0) is 25.3 Å². The number of aromatic nitrogens is 3. The van der Waals surface area contributed by atoms with E-state index in [-0.39, 0.29) is 5.78 Å². The Balaban J connectivity index is 2.02. The summed E-state index contributed by atoms with van der Waals surface area (Å²) in [5, 5.41) is 5.24. The third kappa shape index (κ3) is 1.88. The summed E-state index contributed by atoms with van der Waals surface area (Å²) in [7, 11) is 0. The van der Waals surface area contributed by atoms with Gasteiger partial charge in [0.1, 0.15) is 10.7 Å². The molecule has 4 nitrogen and oxygen atoms in total.